The zero-order valence-electron chi connectivity index (χ0n) is 16.5. The summed E-state index contributed by atoms with van der Waals surface area (Å²) in [7, 11) is 1.88. The number of carbonyl (C=O) groups is 1. The van der Waals surface area contributed by atoms with E-state index >= 15 is 0 Å². The number of nitrogens with one attached hydrogen (secondary N) is 2. The summed E-state index contributed by atoms with van der Waals surface area (Å²) in [6, 6.07) is 23.0. The largest absolute Gasteiger partial charge is 0.455 e. The summed E-state index contributed by atoms with van der Waals surface area (Å²) in [6.07, 6.45) is 0. The topological polar surface area (TPSA) is 52.0 Å². The second-order valence-corrected chi connectivity index (χ2v) is 6.79. The smallest absolute Gasteiger partial charge is 0.387 e. The van der Waals surface area contributed by atoms with Crippen LogP contribution in [0.1, 0.15) is 5.56 Å². The normalized spacial score (nSPS) is 11.7. The molecule has 1 atom stereocenters. The van der Waals surface area contributed by atoms with E-state index in [9.17, 15) is 13.6 Å². The van der Waals surface area contributed by atoms with Crippen LogP contribution in [0.25, 0.3) is 0 Å². The maximum atomic E-state index is 12.5. The molecule has 1 unspecified atom stereocenters. The molecule has 1 amide bonds. The summed E-state index contributed by atoms with van der Waals surface area (Å²) in [5.41, 5.74) is 1.50. The molecule has 0 saturated heterocycles. The first-order valence-corrected chi connectivity index (χ1v) is 9.46. The number of alkyl halides is 2. The van der Waals surface area contributed by atoms with Gasteiger partial charge in [-0.15, -0.1) is 0 Å². The van der Waals surface area contributed by atoms with Crippen molar-refractivity contribution < 1.29 is 27.9 Å². The minimum Gasteiger partial charge on any atom is -0.455 e. The molecule has 30 heavy (non-hydrogen) atoms. The van der Waals surface area contributed by atoms with Gasteiger partial charge in [-0.3, -0.25) is 4.79 Å². The van der Waals surface area contributed by atoms with Crippen LogP contribution >= 0.6 is 0 Å². The van der Waals surface area contributed by atoms with Crippen LogP contribution in [0.15, 0.2) is 78.9 Å². The number of quaternary nitrogens is 1. The summed E-state index contributed by atoms with van der Waals surface area (Å²) in [6.45, 7) is -2.05. The number of amides is 1. The van der Waals surface area contributed by atoms with Gasteiger partial charge in [0.25, 0.3) is 5.91 Å². The number of hydrogen-bond acceptors (Lipinski definition) is 3. The third-order valence-corrected chi connectivity index (χ3v) is 4.25. The number of ether oxygens (including phenoxy) is 2. The number of rotatable bonds is 9. The van der Waals surface area contributed by atoms with Crippen molar-refractivity contribution in [3.63, 3.8) is 0 Å². The number of likely N-dealkylation sites (N-methyl/N-ethyl adjacent to an activating group) is 1. The lowest BCUT2D eigenvalue weighted by Gasteiger charge is -2.16. The molecule has 3 aromatic carbocycles. The van der Waals surface area contributed by atoms with Gasteiger partial charge in [0.2, 0.25) is 0 Å². The first-order valence-electron chi connectivity index (χ1n) is 9.46. The van der Waals surface area contributed by atoms with Crippen LogP contribution < -0.4 is 19.7 Å². The molecule has 0 aromatic heterocycles. The van der Waals surface area contributed by atoms with Crippen LogP contribution in [0.3, 0.4) is 0 Å². The molecule has 0 radical (unpaired) electrons. The van der Waals surface area contributed by atoms with Gasteiger partial charge < -0.3 is 19.7 Å². The van der Waals surface area contributed by atoms with Crippen molar-refractivity contribution in [3.05, 3.63) is 84.4 Å². The molecule has 0 saturated carbocycles. The molecule has 0 fully saturated rings. The van der Waals surface area contributed by atoms with Crippen molar-refractivity contribution >= 4 is 11.6 Å². The highest BCUT2D eigenvalue weighted by Gasteiger charge is 2.14. The Morgan fingerprint density at radius 3 is 2.30 bits per heavy atom. The lowest BCUT2D eigenvalue weighted by Crippen LogP contribution is -3.08. The molecule has 0 aliphatic carbocycles. The summed E-state index contributed by atoms with van der Waals surface area (Å²) < 4.78 is 34.7. The zero-order chi connectivity index (χ0) is 21.3. The van der Waals surface area contributed by atoms with Crippen LogP contribution in [0.4, 0.5) is 14.5 Å². The third kappa shape index (κ3) is 6.56. The van der Waals surface area contributed by atoms with Crippen LogP contribution in [0.2, 0.25) is 0 Å². The molecule has 0 heterocycles. The third-order valence-electron chi connectivity index (χ3n) is 4.25. The van der Waals surface area contributed by atoms with Gasteiger partial charge in [-0.2, -0.15) is 8.78 Å². The van der Waals surface area contributed by atoms with Crippen LogP contribution in [-0.4, -0.2) is 26.1 Å². The highest BCUT2D eigenvalue weighted by molar-refractivity contribution is 5.93. The van der Waals surface area contributed by atoms with Gasteiger partial charge in [-0.05, 0) is 48.5 Å². The fraction of sp³-hybridized carbons (Fsp3) is 0.174. The van der Waals surface area contributed by atoms with E-state index < -0.39 is 6.61 Å². The SMILES string of the molecule is C[NH+](CC(=O)Nc1ccccc1Oc1ccccc1)Cc1ccc(OC(F)F)cc1. The molecule has 7 heteroatoms. The Balaban J connectivity index is 1.55. The standard InChI is InChI=1S/C23H22F2N2O3/c1-27(15-17-11-13-19(14-12-17)30-23(24)25)16-22(28)26-20-9-5-6-10-21(20)29-18-7-3-2-4-8-18/h2-14,23H,15-16H2,1H3,(H,26,28)/p+1. The predicted octanol–water partition coefficient (Wildman–Crippen LogP) is 3.73. The molecular formula is C23H23F2N2O3+. The molecule has 3 rings (SSSR count). The molecule has 2 N–H and O–H groups in total. The van der Waals surface area contributed by atoms with Crippen molar-refractivity contribution in [1.29, 1.82) is 0 Å². The molecular weight excluding hydrogens is 390 g/mol. The number of para-hydroxylation sites is 3. The van der Waals surface area contributed by atoms with E-state index in [2.05, 4.69) is 10.1 Å². The van der Waals surface area contributed by atoms with Crippen molar-refractivity contribution in [2.45, 2.75) is 13.2 Å². The maximum absolute atomic E-state index is 12.5. The Hall–Kier alpha value is -3.45. The van der Waals surface area contributed by atoms with E-state index in [0.717, 1.165) is 10.5 Å². The van der Waals surface area contributed by atoms with E-state index in [-0.39, 0.29) is 18.2 Å². The van der Waals surface area contributed by atoms with Crippen molar-refractivity contribution in [3.8, 4) is 17.2 Å². The van der Waals surface area contributed by atoms with Crippen molar-refractivity contribution in [2.24, 2.45) is 0 Å². The van der Waals surface area contributed by atoms with E-state index in [1.54, 1.807) is 24.3 Å². The Morgan fingerprint density at radius 1 is 0.933 bits per heavy atom. The van der Waals surface area contributed by atoms with Crippen LogP contribution in [-0.2, 0) is 11.3 Å². The quantitative estimate of drug-likeness (QED) is 0.562. The van der Waals surface area contributed by atoms with Gasteiger partial charge in [0, 0.05) is 5.56 Å². The van der Waals surface area contributed by atoms with E-state index in [4.69, 9.17) is 4.74 Å². The highest BCUT2D eigenvalue weighted by Crippen LogP contribution is 2.28. The van der Waals surface area contributed by atoms with E-state index in [1.165, 1.54) is 12.1 Å². The van der Waals surface area contributed by atoms with Gasteiger partial charge in [0.15, 0.2) is 12.3 Å². The highest BCUT2D eigenvalue weighted by atomic mass is 19.3. The first kappa shape index (κ1) is 21.3. The molecule has 0 spiro atoms. The molecule has 3 aromatic rings. The summed E-state index contributed by atoms with van der Waals surface area (Å²) in [5, 5.41) is 2.89. The number of benzene rings is 3. The van der Waals surface area contributed by atoms with Crippen LogP contribution in [0.5, 0.6) is 17.2 Å². The molecule has 5 nitrogen and oxygen atoms in total. The Kier molecular flexibility index (Phi) is 7.34. The molecule has 0 aliphatic heterocycles. The lowest BCUT2D eigenvalue weighted by molar-refractivity contribution is -0.885. The summed E-state index contributed by atoms with van der Waals surface area (Å²) in [5.74, 6) is 1.19. The molecule has 156 valence electrons. The van der Waals surface area contributed by atoms with Gasteiger partial charge >= 0.3 is 6.61 Å². The number of hydrogen-bond donors (Lipinski definition) is 2. The van der Waals surface area contributed by atoms with Crippen molar-refractivity contribution in [2.75, 3.05) is 18.9 Å². The van der Waals surface area contributed by atoms with Gasteiger partial charge in [-0.1, -0.05) is 30.3 Å². The lowest BCUT2D eigenvalue weighted by atomic mass is 10.2. The Labute approximate surface area is 173 Å². The number of halogens is 2. The first-order chi connectivity index (χ1) is 14.5. The zero-order valence-corrected chi connectivity index (χ0v) is 16.5. The second-order valence-electron chi connectivity index (χ2n) is 6.79. The van der Waals surface area contributed by atoms with Gasteiger partial charge in [0.05, 0.1) is 12.7 Å². The Bertz CT molecular complexity index is 950. The average Bonchev–Trinajstić information content (AvgIpc) is 2.71. The summed E-state index contributed by atoms with van der Waals surface area (Å²) >= 11 is 0. The predicted molar refractivity (Wildman–Crippen MR) is 110 cm³/mol. The van der Waals surface area contributed by atoms with E-state index in [0.29, 0.717) is 23.7 Å². The number of anilines is 1. The Morgan fingerprint density at radius 2 is 1.60 bits per heavy atom. The van der Waals surface area contributed by atoms with Gasteiger partial charge in [-0.25, -0.2) is 0 Å². The fourth-order valence-corrected chi connectivity index (χ4v) is 2.94. The van der Waals surface area contributed by atoms with E-state index in [1.807, 2.05) is 49.5 Å². The number of carbonyl (C=O) groups excluding carboxylic acids is 1. The minimum atomic E-state index is -2.85. The minimum absolute atomic E-state index is 0.110. The van der Waals surface area contributed by atoms with Crippen LogP contribution in [0, 0.1) is 0 Å². The van der Waals surface area contributed by atoms with Crippen molar-refractivity contribution in [1.82, 2.24) is 0 Å². The summed E-state index contributed by atoms with van der Waals surface area (Å²) in [4.78, 5) is 13.4. The molecule has 0 aliphatic rings. The van der Waals surface area contributed by atoms with Gasteiger partial charge in [0.1, 0.15) is 18.0 Å². The average molecular weight is 413 g/mol. The maximum Gasteiger partial charge on any atom is 0.387 e. The fourth-order valence-electron chi connectivity index (χ4n) is 2.94. The second kappa shape index (κ2) is 10.4. The molecule has 0 bridgehead atoms. The monoisotopic (exact) mass is 413 g/mol.